The Kier molecular flexibility index (Phi) is 4.44. The number of carbonyl (C=O) groups is 1. The molecule has 0 radical (unpaired) electrons. The maximum Gasteiger partial charge on any atom is 0.238 e. The number of nitrogens with zero attached hydrogens (tertiary/aromatic N) is 1. The first-order valence-corrected chi connectivity index (χ1v) is 5.59. The first kappa shape index (κ1) is 13.1. The smallest absolute Gasteiger partial charge is 0.238 e. The molecule has 1 amide bonds. The van der Waals surface area contributed by atoms with Gasteiger partial charge in [-0.1, -0.05) is 0 Å². The summed E-state index contributed by atoms with van der Waals surface area (Å²) in [6.07, 6.45) is 0. The average molecular weight is 289 g/mol. The number of anilines is 1. The van der Waals surface area contributed by atoms with Gasteiger partial charge >= 0.3 is 0 Å². The quantitative estimate of drug-likeness (QED) is 0.926. The number of hydrogen-bond donors (Lipinski definition) is 1. The fraction of sp³-hybridized carbons (Fsp3) is 0.364. The van der Waals surface area contributed by atoms with E-state index in [1.54, 1.807) is 17.9 Å². The van der Waals surface area contributed by atoms with Gasteiger partial charge in [0.25, 0.3) is 0 Å². The van der Waals surface area contributed by atoms with Crippen molar-refractivity contribution in [2.24, 2.45) is 0 Å². The molecule has 0 fully saturated rings. The van der Waals surface area contributed by atoms with Crippen LogP contribution in [0.15, 0.2) is 16.6 Å². The van der Waals surface area contributed by atoms with Crippen molar-refractivity contribution < 1.29 is 9.18 Å². The number of aryl methyl sites for hydroxylation is 1. The lowest BCUT2D eigenvalue weighted by Crippen LogP contribution is -2.27. The first-order valence-electron chi connectivity index (χ1n) is 4.80. The Balaban J connectivity index is 2.81. The zero-order valence-corrected chi connectivity index (χ0v) is 11.1. The van der Waals surface area contributed by atoms with Crippen LogP contribution in [0.25, 0.3) is 0 Å². The van der Waals surface area contributed by atoms with Crippen molar-refractivity contribution in [2.75, 3.05) is 26.0 Å². The molecular formula is C11H14BrFN2O. The molecule has 0 bridgehead atoms. The number of benzene rings is 1. The monoisotopic (exact) mass is 288 g/mol. The van der Waals surface area contributed by atoms with Crippen LogP contribution in [-0.4, -0.2) is 31.4 Å². The van der Waals surface area contributed by atoms with Crippen LogP contribution in [-0.2, 0) is 4.79 Å². The molecule has 0 atom stereocenters. The molecule has 0 spiro atoms. The normalized spacial score (nSPS) is 10.6. The largest absolute Gasteiger partial charge is 0.325 e. The lowest BCUT2D eigenvalue weighted by Gasteiger charge is -2.12. The zero-order valence-electron chi connectivity index (χ0n) is 9.47. The van der Waals surface area contributed by atoms with E-state index in [0.717, 1.165) is 0 Å². The highest BCUT2D eigenvalue weighted by Gasteiger charge is 2.08. The van der Waals surface area contributed by atoms with Gasteiger partial charge in [0.05, 0.1) is 11.0 Å². The maximum atomic E-state index is 13.1. The molecule has 0 saturated carbocycles. The van der Waals surface area contributed by atoms with Crippen molar-refractivity contribution in [3.05, 3.63) is 28.0 Å². The molecule has 1 rings (SSSR count). The second-order valence-electron chi connectivity index (χ2n) is 3.87. The third-order valence-corrected chi connectivity index (χ3v) is 2.61. The SMILES string of the molecule is Cc1cc(F)c(Br)cc1NC(=O)CN(C)C. The third kappa shape index (κ3) is 3.57. The van der Waals surface area contributed by atoms with E-state index in [-0.39, 0.29) is 11.7 Å². The minimum absolute atomic E-state index is 0.119. The van der Waals surface area contributed by atoms with Crippen molar-refractivity contribution >= 4 is 27.5 Å². The van der Waals surface area contributed by atoms with E-state index in [1.165, 1.54) is 6.07 Å². The molecule has 3 nitrogen and oxygen atoms in total. The maximum absolute atomic E-state index is 13.1. The molecule has 1 N–H and O–H groups in total. The minimum Gasteiger partial charge on any atom is -0.325 e. The van der Waals surface area contributed by atoms with E-state index in [4.69, 9.17) is 0 Å². The van der Waals surface area contributed by atoms with Gasteiger partial charge in [-0.15, -0.1) is 0 Å². The Labute approximate surface area is 103 Å². The number of halogens is 2. The molecule has 0 aliphatic rings. The molecule has 0 aliphatic heterocycles. The predicted octanol–water partition coefficient (Wildman–Crippen LogP) is 2.40. The van der Waals surface area contributed by atoms with Gasteiger partial charge in [0.1, 0.15) is 5.82 Å². The van der Waals surface area contributed by atoms with Crippen LogP contribution in [0.3, 0.4) is 0 Å². The van der Waals surface area contributed by atoms with Gasteiger partial charge in [-0.3, -0.25) is 4.79 Å². The standard InChI is InChI=1S/C11H14BrFN2O/c1-7-4-9(13)8(12)5-10(7)14-11(16)6-15(2)3/h4-5H,6H2,1-3H3,(H,14,16). The summed E-state index contributed by atoms with van der Waals surface area (Å²) in [5, 5.41) is 2.73. The van der Waals surface area contributed by atoms with Crippen molar-refractivity contribution in [1.29, 1.82) is 0 Å². The van der Waals surface area contributed by atoms with E-state index in [9.17, 15) is 9.18 Å². The van der Waals surface area contributed by atoms with Crippen molar-refractivity contribution in [1.82, 2.24) is 4.90 Å². The molecule has 0 aliphatic carbocycles. The van der Waals surface area contributed by atoms with Crippen LogP contribution >= 0.6 is 15.9 Å². The van der Waals surface area contributed by atoms with E-state index < -0.39 is 0 Å². The highest BCUT2D eigenvalue weighted by atomic mass is 79.9. The topological polar surface area (TPSA) is 32.3 Å². The molecule has 0 aromatic heterocycles. The average Bonchev–Trinajstić information content (AvgIpc) is 2.12. The summed E-state index contributed by atoms with van der Waals surface area (Å²) in [6, 6.07) is 2.95. The van der Waals surface area contributed by atoms with Crippen LogP contribution in [0.1, 0.15) is 5.56 Å². The van der Waals surface area contributed by atoms with Crippen LogP contribution in [0.5, 0.6) is 0 Å². The second kappa shape index (κ2) is 5.41. The first-order chi connectivity index (χ1) is 7.40. The molecule has 1 aromatic rings. The minimum atomic E-state index is -0.330. The summed E-state index contributed by atoms with van der Waals surface area (Å²) in [7, 11) is 3.63. The molecule has 88 valence electrons. The highest BCUT2D eigenvalue weighted by molar-refractivity contribution is 9.10. The van der Waals surface area contributed by atoms with Gasteiger partial charge < -0.3 is 10.2 Å². The lowest BCUT2D eigenvalue weighted by atomic mass is 10.2. The fourth-order valence-electron chi connectivity index (χ4n) is 1.26. The number of hydrogen-bond acceptors (Lipinski definition) is 2. The summed E-state index contributed by atoms with van der Waals surface area (Å²) >= 11 is 3.08. The zero-order chi connectivity index (χ0) is 12.3. The fourth-order valence-corrected chi connectivity index (χ4v) is 1.60. The van der Waals surface area contributed by atoms with Gasteiger partial charge in [0, 0.05) is 5.69 Å². The Morgan fingerprint density at radius 3 is 2.69 bits per heavy atom. The highest BCUT2D eigenvalue weighted by Crippen LogP contribution is 2.24. The van der Waals surface area contributed by atoms with Gasteiger partial charge in [0.15, 0.2) is 0 Å². The van der Waals surface area contributed by atoms with Crippen molar-refractivity contribution in [3.8, 4) is 0 Å². The van der Waals surface area contributed by atoms with Crippen molar-refractivity contribution in [2.45, 2.75) is 6.92 Å². The summed E-state index contributed by atoms with van der Waals surface area (Å²) in [6.45, 7) is 2.05. The Morgan fingerprint density at radius 2 is 2.12 bits per heavy atom. The molecule has 5 heteroatoms. The van der Waals surface area contributed by atoms with Gasteiger partial charge in [0.2, 0.25) is 5.91 Å². The van der Waals surface area contributed by atoms with E-state index in [2.05, 4.69) is 21.2 Å². The van der Waals surface area contributed by atoms with Gasteiger partial charge in [-0.05, 0) is 54.6 Å². The summed E-state index contributed by atoms with van der Waals surface area (Å²) in [5.74, 6) is -0.449. The predicted molar refractivity (Wildman–Crippen MR) is 66.0 cm³/mol. The van der Waals surface area contributed by atoms with Gasteiger partial charge in [-0.2, -0.15) is 0 Å². The number of carbonyl (C=O) groups excluding carboxylic acids is 1. The summed E-state index contributed by atoms with van der Waals surface area (Å²) < 4.78 is 13.5. The molecule has 0 saturated heterocycles. The molecule has 0 heterocycles. The number of rotatable bonds is 3. The molecule has 1 aromatic carbocycles. The van der Waals surface area contributed by atoms with Crippen molar-refractivity contribution in [3.63, 3.8) is 0 Å². The molecular weight excluding hydrogens is 275 g/mol. The Morgan fingerprint density at radius 1 is 1.50 bits per heavy atom. The summed E-state index contributed by atoms with van der Waals surface area (Å²) in [4.78, 5) is 13.3. The van der Waals surface area contributed by atoms with Crippen LogP contribution in [0, 0.1) is 12.7 Å². The Hall–Kier alpha value is -0.940. The third-order valence-electron chi connectivity index (χ3n) is 2.00. The summed E-state index contributed by atoms with van der Waals surface area (Å²) in [5.41, 5.74) is 1.33. The van der Waals surface area contributed by atoms with Crippen LogP contribution in [0.4, 0.5) is 10.1 Å². The van der Waals surface area contributed by atoms with Gasteiger partial charge in [-0.25, -0.2) is 4.39 Å². The molecule has 0 unspecified atom stereocenters. The lowest BCUT2D eigenvalue weighted by molar-refractivity contribution is -0.116. The van der Waals surface area contributed by atoms with E-state index in [0.29, 0.717) is 22.3 Å². The van der Waals surface area contributed by atoms with E-state index >= 15 is 0 Å². The number of nitrogens with one attached hydrogen (secondary N) is 1. The van der Waals surface area contributed by atoms with Crippen LogP contribution in [0.2, 0.25) is 0 Å². The second-order valence-corrected chi connectivity index (χ2v) is 4.72. The number of likely N-dealkylation sites (N-methyl/N-ethyl adjacent to an activating group) is 1. The molecule has 16 heavy (non-hydrogen) atoms. The van der Waals surface area contributed by atoms with Crippen LogP contribution < -0.4 is 5.32 Å². The Bertz CT molecular complexity index is 407. The van der Waals surface area contributed by atoms with E-state index in [1.807, 2.05) is 14.1 Å². The number of amides is 1.